The van der Waals surface area contributed by atoms with Crippen molar-refractivity contribution in [3.05, 3.63) is 34.9 Å². The molecule has 3 rings (SSSR count). The lowest BCUT2D eigenvalue weighted by atomic mass is 9.90. The van der Waals surface area contributed by atoms with Crippen LogP contribution < -0.4 is 0 Å². The van der Waals surface area contributed by atoms with Crippen molar-refractivity contribution in [2.45, 2.75) is 45.7 Å². The van der Waals surface area contributed by atoms with E-state index >= 15 is 0 Å². The van der Waals surface area contributed by atoms with Crippen LogP contribution in [0.2, 0.25) is 0 Å². The molecule has 0 atom stereocenters. The standard InChI is InChI=1S/C21H34N2O2/c1-18(2)6-5-8-19-7-3-4-9-20(19)21(22-10-14-24-15-11-22)23-12-16-25-17-13-23/h4,6,9,21H,3,5,7-8,10-17H2,1-2H3. The first-order valence-electron chi connectivity index (χ1n) is 9.91. The van der Waals surface area contributed by atoms with Gasteiger partial charge in [0.2, 0.25) is 0 Å². The number of morpholine rings is 2. The maximum Gasteiger partial charge on any atom is 0.0888 e. The monoisotopic (exact) mass is 346 g/mol. The molecule has 3 aliphatic rings. The van der Waals surface area contributed by atoms with Gasteiger partial charge in [0.1, 0.15) is 0 Å². The van der Waals surface area contributed by atoms with Gasteiger partial charge in [0.05, 0.1) is 32.6 Å². The van der Waals surface area contributed by atoms with E-state index in [0.29, 0.717) is 6.17 Å². The minimum Gasteiger partial charge on any atom is -0.379 e. The van der Waals surface area contributed by atoms with Crippen LogP contribution in [0.1, 0.15) is 39.5 Å². The van der Waals surface area contributed by atoms with Crippen molar-refractivity contribution in [1.29, 1.82) is 0 Å². The van der Waals surface area contributed by atoms with Gasteiger partial charge in [-0.2, -0.15) is 0 Å². The highest BCUT2D eigenvalue weighted by Crippen LogP contribution is 2.30. The van der Waals surface area contributed by atoms with Crippen LogP contribution in [0.4, 0.5) is 0 Å². The van der Waals surface area contributed by atoms with Crippen molar-refractivity contribution in [2.24, 2.45) is 0 Å². The molecule has 140 valence electrons. The summed E-state index contributed by atoms with van der Waals surface area (Å²) in [5, 5.41) is 0. The van der Waals surface area contributed by atoms with Crippen LogP contribution in [0, 0.1) is 0 Å². The summed E-state index contributed by atoms with van der Waals surface area (Å²) in [6, 6.07) is 0. The van der Waals surface area contributed by atoms with Gasteiger partial charge in [-0.25, -0.2) is 0 Å². The van der Waals surface area contributed by atoms with E-state index in [9.17, 15) is 0 Å². The fourth-order valence-electron chi connectivity index (χ4n) is 4.07. The Morgan fingerprint density at radius 2 is 1.64 bits per heavy atom. The van der Waals surface area contributed by atoms with E-state index in [1.165, 1.54) is 24.8 Å². The van der Waals surface area contributed by atoms with Gasteiger partial charge < -0.3 is 9.47 Å². The van der Waals surface area contributed by atoms with Gasteiger partial charge in [-0.1, -0.05) is 29.4 Å². The highest BCUT2D eigenvalue weighted by atomic mass is 16.5. The molecule has 0 saturated carbocycles. The third kappa shape index (κ3) is 5.27. The summed E-state index contributed by atoms with van der Waals surface area (Å²) in [7, 11) is 0. The third-order valence-electron chi connectivity index (χ3n) is 5.38. The van der Waals surface area contributed by atoms with Crippen LogP contribution in [0.3, 0.4) is 0 Å². The Balaban J connectivity index is 1.83. The summed E-state index contributed by atoms with van der Waals surface area (Å²) < 4.78 is 11.2. The molecule has 0 aromatic carbocycles. The number of ether oxygens (including phenoxy) is 2. The summed E-state index contributed by atoms with van der Waals surface area (Å²) >= 11 is 0. The van der Waals surface area contributed by atoms with Gasteiger partial charge in [0, 0.05) is 26.2 Å². The molecule has 0 spiro atoms. The van der Waals surface area contributed by atoms with E-state index in [1.54, 1.807) is 11.1 Å². The lowest BCUT2D eigenvalue weighted by Gasteiger charge is -2.44. The van der Waals surface area contributed by atoms with Crippen LogP contribution in [0.15, 0.2) is 34.9 Å². The van der Waals surface area contributed by atoms with Crippen molar-refractivity contribution in [3.63, 3.8) is 0 Å². The van der Waals surface area contributed by atoms with Gasteiger partial charge in [-0.05, 0) is 45.1 Å². The quantitative estimate of drug-likeness (QED) is 0.689. The van der Waals surface area contributed by atoms with Crippen LogP contribution in [-0.2, 0) is 9.47 Å². The van der Waals surface area contributed by atoms with E-state index in [2.05, 4.69) is 41.9 Å². The molecule has 0 N–H and O–H groups in total. The molecule has 1 aliphatic carbocycles. The number of rotatable bonds is 6. The zero-order valence-corrected chi connectivity index (χ0v) is 16.0. The van der Waals surface area contributed by atoms with Gasteiger partial charge in [0.25, 0.3) is 0 Å². The predicted molar refractivity (Wildman–Crippen MR) is 103 cm³/mol. The van der Waals surface area contributed by atoms with Gasteiger partial charge in [-0.15, -0.1) is 0 Å². The van der Waals surface area contributed by atoms with Gasteiger partial charge in [-0.3, -0.25) is 9.80 Å². The molecule has 4 heteroatoms. The average Bonchev–Trinajstić information content (AvgIpc) is 2.65. The molecule has 2 fully saturated rings. The fraction of sp³-hybridized carbons (Fsp3) is 0.714. The molecular formula is C21H34N2O2. The Bertz CT molecular complexity index is 490. The Kier molecular flexibility index (Phi) is 7.29. The third-order valence-corrected chi connectivity index (χ3v) is 5.38. The topological polar surface area (TPSA) is 24.9 Å². The van der Waals surface area contributed by atoms with Crippen molar-refractivity contribution in [1.82, 2.24) is 9.80 Å². The summed E-state index contributed by atoms with van der Waals surface area (Å²) in [6.07, 6.45) is 12.3. The summed E-state index contributed by atoms with van der Waals surface area (Å²) in [6.45, 7) is 11.9. The molecule has 0 aromatic heterocycles. The smallest absolute Gasteiger partial charge is 0.0888 e. The first-order valence-corrected chi connectivity index (χ1v) is 9.91. The minimum absolute atomic E-state index is 0.394. The lowest BCUT2D eigenvalue weighted by molar-refractivity contribution is -0.0522. The van der Waals surface area contributed by atoms with E-state index in [1.807, 2.05) is 0 Å². The Hall–Kier alpha value is -0.940. The lowest BCUT2D eigenvalue weighted by Crippen LogP contribution is -2.56. The van der Waals surface area contributed by atoms with Crippen molar-refractivity contribution in [3.8, 4) is 0 Å². The summed E-state index contributed by atoms with van der Waals surface area (Å²) in [4.78, 5) is 5.25. The molecule has 0 aromatic rings. The maximum absolute atomic E-state index is 5.62. The number of allylic oxidation sites excluding steroid dienone is 4. The highest BCUT2D eigenvalue weighted by Gasteiger charge is 2.31. The Labute approximate surface area is 153 Å². The molecule has 0 radical (unpaired) electrons. The number of hydrogen-bond acceptors (Lipinski definition) is 4. The second-order valence-corrected chi connectivity index (χ2v) is 7.49. The average molecular weight is 347 g/mol. The van der Waals surface area contributed by atoms with Crippen LogP contribution in [0.5, 0.6) is 0 Å². The highest BCUT2D eigenvalue weighted by molar-refractivity contribution is 5.34. The summed E-state index contributed by atoms with van der Waals surface area (Å²) in [5.74, 6) is 0. The molecule has 0 unspecified atom stereocenters. The van der Waals surface area contributed by atoms with Crippen molar-refractivity contribution in [2.75, 3.05) is 52.6 Å². The Morgan fingerprint density at radius 3 is 2.20 bits per heavy atom. The SMILES string of the molecule is CC(C)=CCCC1=C(C(N2CCOCC2)N2CCOCC2)C=CCC1. The zero-order valence-electron chi connectivity index (χ0n) is 16.0. The van der Waals surface area contributed by atoms with E-state index in [4.69, 9.17) is 9.47 Å². The summed E-state index contributed by atoms with van der Waals surface area (Å²) in [5.41, 5.74) is 4.63. The molecule has 25 heavy (non-hydrogen) atoms. The van der Waals surface area contributed by atoms with Crippen molar-refractivity contribution >= 4 is 0 Å². The van der Waals surface area contributed by atoms with E-state index in [0.717, 1.165) is 59.0 Å². The maximum atomic E-state index is 5.62. The number of hydrogen-bond donors (Lipinski definition) is 0. The molecule has 2 aliphatic heterocycles. The second kappa shape index (κ2) is 9.67. The number of nitrogens with zero attached hydrogens (tertiary/aromatic N) is 2. The molecular weight excluding hydrogens is 312 g/mol. The largest absolute Gasteiger partial charge is 0.379 e. The van der Waals surface area contributed by atoms with Crippen molar-refractivity contribution < 1.29 is 9.47 Å². The normalized spacial score (nSPS) is 23.3. The van der Waals surface area contributed by atoms with Gasteiger partial charge in [0.15, 0.2) is 0 Å². The predicted octanol–water partition coefficient (Wildman–Crippen LogP) is 3.37. The van der Waals surface area contributed by atoms with Crippen LogP contribution in [0.25, 0.3) is 0 Å². The second-order valence-electron chi connectivity index (χ2n) is 7.49. The minimum atomic E-state index is 0.394. The van der Waals surface area contributed by atoms with E-state index in [-0.39, 0.29) is 0 Å². The molecule has 4 nitrogen and oxygen atoms in total. The molecule has 2 saturated heterocycles. The first kappa shape index (κ1) is 18.8. The Morgan fingerprint density at radius 1 is 1.04 bits per heavy atom. The van der Waals surface area contributed by atoms with Crippen LogP contribution in [-0.4, -0.2) is 68.6 Å². The van der Waals surface area contributed by atoms with Gasteiger partial charge >= 0.3 is 0 Å². The zero-order chi connectivity index (χ0) is 17.5. The fourth-order valence-corrected chi connectivity index (χ4v) is 4.07. The molecule has 0 amide bonds. The first-order chi connectivity index (χ1) is 12.3. The molecule has 0 bridgehead atoms. The van der Waals surface area contributed by atoms with E-state index < -0.39 is 0 Å². The van der Waals surface area contributed by atoms with Crippen LogP contribution >= 0.6 is 0 Å². The molecule has 2 heterocycles.